The number of nitrogens with one attached hydrogen (secondary N) is 1. The first-order chi connectivity index (χ1) is 7.77. The molecule has 0 atom stereocenters. The highest BCUT2D eigenvalue weighted by Crippen LogP contribution is 2.05. The highest BCUT2D eigenvalue weighted by atomic mass is 16.4. The fourth-order valence-electron chi connectivity index (χ4n) is 1.25. The third kappa shape index (κ3) is 2.22. The summed E-state index contributed by atoms with van der Waals surface area (Å²) in [4.78, 5) is 14.3. The zero-order valence-electron chi connectivity index (χ0n) is 8.37. The van der Waals surface area contributed by atoms with Crippen LogP contribution in [-0.4, -0.2) is 42.6 Å². The molecule has 0 aromatic carbocycles. The van der Waals surface area contributed by atoms with Crippen LogP contribution in [0, 0.1) is 0 Å². The van der Waals surface area contributed by atoms with Gasteiger partial charge in [0.2, 0.25) is 0 Å². The smallest absolute Gasteiger partial charge is 0.303 e. The van der Waals surface area contributed by atoms with Gasteiger partial charge in [0.1, 0.15) is 5.82 Å². The van der Waals surface area contributed by atoms with E-state index in [1.807, 2.05) is 0 Å². The maximum absolute atomic E-state index is 10.3. The molecule has 0 aliphatic carbocycles. The van der Waals surface area contributed by atoms with Gasteiger partial charge in [-0.2, -0.15) is 4.52 Å². The Morgan fingerprint density at radius 1 is 1.50 bits per heavy atom. The lowest BCUT2D eigenvalue weighted by molar-refractivity contribution is -0.137. The van der Waals surface area contributed by atoms with Crippen LogP contribution >= 0.6 is 0 Å². The van der Waals surface area contributed by atoms with Crippen molar-refractivity contribution in [1.29, 1.82) is 0 Å². The van der Waals surface area contributed by atoms with Crippen molar-refractivity contribution < 1.29 is 9.90 Å². The second-order valence-electron chi connectivity index (χ2n) is 3.17. The average Bonchev–Trinajstić information content (AvgIpc) is 2.72. The molecular formula is C8H10N6O2. The third-order valence-electron chi connectivity index (χ3n) is 1.98. The van der Waals surface area contributed by atoms with Gasteiger partial charge in [-0.1, -0.05) is 0 Å². The molecule has 16 heavy (non-hydrogen) atoms. The normalized spacial score (nSPS) is 10.5. The fourth-order valence-corrected chi connectivity index (χ4v) is 1.25. The van der Waals surface area contributed by atoms with E-state index in [1.165, 1.54) is 4.52 Å². The van der Waals surface area contributed by atoms with Crippen LogP contribution in [0.25, 0.3) is 5.65 Å². The standard InChI is InChI=1S/C8H10N6O2/c15-8(16)2-1-3-10-6-4-9-5-7-11-12-13-14(6)7/h4-5,10H,1-3H2,(H,15,16). The van der Waals surface area contributed by atoms with Crippen molar-refractivity contribution in [3.63, 3.8) is 0 Å². The van der Waals surface area contributed by atoms with Crippen LogP contribution < -0.4 is 5.32 Å². The molecule has 0 radical (unpaired) electrons. The van der Waals surface area contributed by atoms with E-state index in [0.717, 1.165) is 0 Å². The van der Waals surface area contributed by atoms with E-state index in [-0.39, 0.29) is 6.42 Å². The number of aromatic nitrogens is 5. The zero-order chi connectivity index (χ0) is 11.4. The summed E-state index contributed by atoms with van der Waals surface area (Å²) in [5.41, 5.74) is 0.545. The molecule has 2 aromatic heterocycles. The predicted octanol–water partition coefficient (Wildman–Crippen LogP) is -0.204. The summed E-state index contributed by atoms with van der Waals surface area (Å²) in [6.07, 6.45) is 3.80. The van der Waals surface area contributed by atoms with Crippen molar-refractivity contribution >= 4 is 17.4 Å². The molecular weight excluding hydrogens is 212 g/mol. The number of tetrazole rings is 1. The van der Waals surface area contributed by atoms with Crippen molar-refractivity contribution in [3.8, 4) is 0 Å². The second-order valence-corrected chi connectivity index (χ2v) is 3.17. The molecule has 0 aliphatic rings. The van der Waals surface area contributed by atoms with Crippen LogP contribution in [0.5, 0.6) is 0 Å². The van der Waals surface area contributed by atoms with Gasteiger partial charge in [-0.15, -0.1) is 5.10 Å². The van der Waals surface area contributed by atoms with Gasteiger partial charge in [0.15, 0.2) is 5.65 Å². The summed E-state index contributed by atoms with van der Waals surface area (Å²) in [6.45, 7) is 0.535. The van der Waals surface area contributed by atoms with Crippen LogP contribution in [0.1, 0.15) is 12.8 Å². The van der Waals surface area contributed by atoms with E-state index in [2.05, 4.69) is 25.8 Å². The number of aliphatic carboxylic acids is 1. The molecule has 0 saturated heterocycles. The monoisotopic (exact) mass is 222 g/mol. The number of hydrogen-bond acceptors (Lipinski definition) is 6. The Bertz CT molecular complexity index is 496. The maximum atomic E-state index is 10.3. The number of rotatable bonds is 5. The zero-order valence-corrected chi connectivity index (χ0v) is 8.37. The Morgan fingerprint density at radius 2 is 2.38 bits per heavy atom. The Balaban J connectivity index is 1.98. The van der Waals surface area contributed by atoms with E-state index >= 15 is 0 Å². The Morgan fingerprint density at radius 3 is 3.19 bits per heavy atom. The van der Waals surface area contributed by atoms with Crippen molar-refractivity contribution in [2.45, 2.75) is 12.8 Å². The van der Waals surface area contributed by atoms with Gasteiger partial charge >= 0.3 is 5.97 Å². The summed E-state index contributed by atoms with van der Waals surface area (Å²) in [5, 5.41) is 22.5. The average molecular weight is 222 g/mol. The lowest BCUT2D eigenvalue weighted by Gasteiger charge is -2.04. The van der Waals surface area contributed by atoms with Crippen molar-refractivity contribution in [1.82, 2.24) is 25.0 Å². The molecule has 0 spiro atoms. The van der Waals surface area contributed by atoms with Gasteiger partial charge in [-0.25, -0.2) is 0 Å². The van der Waals surface area contributed by atoms with Gasteiger partial charge in [0.05, 0.1) is 12.4 Å². The number of nitrogens with zero attached hydrogens (tertiary/aromatic N) is 5. The highest BCUT2D eigenvalue weighted by molar-refractivity contribution is 5.66. The van der Waals surface area contributed by atoms with Gasteiger partial charge < -0.3 is 10.4 Å². The summed E-state index contributed by atoms with van der Waals surface area (Å²) in [6, 6.07) is 0. The first-order valence-electron chi connectivity index (χ1n) is 4.75. The number of hydrogen-bond donors (Lipinski definition) is 2. The molecule has 0 unspecified atom stereocenters. The largest absolute Gasteiger partial charge is 0.481 e. The quantitative estimate of drug-likeness (QED) is 0.674. The third-order valence-corrected chi connectivity index (χ3v) is 1.98. The number of carbonyl (C=O) groups is 1. The van der Waals surface area contributed by atoms with Crippen molar-refractivity contribution in [2.75, 3.05) is 11.9 Å². The molecule has 2 rings (SSSR count). The van der Waals surface area contributed by atoms with Gasteiger partial charge in [0.25, 0.3) is 0 Å². The van der Waals surface area contributed by atoms with E-state index < -0.39 is 5.97 Å². The Hall–Kier alpha value is -2.25. The molecule has 2 heterocycles. The summed E-state index contributed by atoms with van der Waals surface area (Å²) in [5.74, 6) is -0.159. The van der Waals surface area contributed by atoms with E-state index in [1.54, 1.807) is 12.4 Å². The second kappa shape index (κ2) is 4.51. The summed E-state index contributed by atoms with van der Waals surface area (Å²) >= 11 is 0. The Labute approximate surface area is 90.3 Å². The molecule has 2 N–H and O–H groups in total. The fraction of sp³-hybridized carbons (Fsp3) is 0.375. The number of carboxylic acid groups (broad SMARTS) is 1. The minimum Gasteiger partial charge on any atom is -0.481 e. The van der Waals surface area contributed by atoms with Crippen LogP contribution in [0.2, 0.25) is 0 Å². The summed E-state index contributed by atoms with van der Waals surface area (Å²) < 4.78 is 1.51. The van der Waals surface area contributed by atoms with Crippen LogP contribution in [0.3, 0.4) is 0 Å². The lowest BCUT2D eigenvalue weighted by atomic mass is 10.3. The van der Waals surface area contributed by atoms with E-state index in [0.29, 0.717) is 24.4 Å². The topological polar surface area (TPSA) is 105 Å². The van der Waals surface area contributed by atoms with Crippen molar-refractivity contribution in [3.05, 3.63) is 12.4 Å². The predicted molar refractivity (Wildman–Crippen MR) is 53.9 cm³/mol. The molecule has 84 valence electrons. The van der Waals surface area contributed by atoms with Crippen LogP contribution in [0.15, 0.2) is 12.4 Å². The minimum atomic E-state index is -0.805. The van der Waals surface area contributed by atoms with E-state index in [4.69, 9.17) is 5.11 Å². The highest BCUT2D eigenvalue weighted by Gasteiger charge is 2.03. The summed E-state index contributed by atoms with van der Waals surface area (Å²) in [7, 11) is 0. The molecule has 0 bridgehead atoms. The molecule has 0 aliphatic heterocycles. The molecule has 0 amide bonds. The van der Waals surface area contributed by atoms with Crippen LogP contribution in [0.4, 0.5) is 5.82 Å². The first kappa shape index (κ1) is 10.3. The molecule has 8 heteroatoms. The number of fused-ring (bicyclic) bond motifs is 1. The van der Waals surface area contributed by atoms with Gasteiger partial charge in [-0.05, 0) is 16.8 Å². The molecule has 0 fully saturated rings. The minimum absolute atomic E-state index is 0.131. The Kier molecular flexibility index (Phi) is 2.90. The van der Waals surface area contributed by atoms with E-state index in [9.17, 15) is 4.79 Å². The van der Waals surface area contributed by atoms with Crippen molar-refractivity contribution in [2.24, 2.45) is 0 Å². The van der Waals surface area contributed by atoms with Crippen LogP contribution in [-0.2, 0) is 4.79 Å². The number of carboxylic acids is 1. The maximum Gasteiger partial charge on any atom is 0.303 e. The van der Waals surface area contributed by atoms with Gasteiger partial charge in [0, 0.05) is 13.0 Å². The molecule has 0 saturated carbocycles. The lowest BCUT2D eigenvalue weighted by Crippen LogP contribution is -2.08. The first-order valence-corrected chi connectivity index (χ1v) is 4.75. The molecule has 8 nitrogen and oxygen atoms in total. The SMILES string of the molecule is O=C(O)CCCNc1cncc2nnnn12. The molecule has 2 aromatic rings. The van der Waals surface area contributed by atoms with Gasteiger partial charge in [-0.3, -0.25) is 9.78 Å². The number of anilines is 1.